The SMILES string of the molecule is CSCCC(NC(=O)C(N)Cc1ccccc1)C(=O)NC(C(=O)NC(C)C(=O)O)C(C)C. The van der Waals surface area contributed by atoms with Crippen LogP contribution in [-0.4, -0.2) is 65.0 Å². The van der Waals surface area contributed by atoms with Crippen molar-refractivity contribution in [2.75, 3.05) is 12.0 Å². The monoisotopic (exact) mass is 466 g/mol. The summed E-state index contributed by atoms with van der Waals surface area (Å²) in [5.41, 5.74) is 6.95. The lowest BCUT2D eigenvalue weighted by molar-refractivity contribution is -0.142. The first-order chi connectivity index (χ1) is 15.1. The molecule has 0 bridgehead atoms. The van der Waals surface area contributed by atoms with Crippen molar-refractivity contribution in [3.05, 3.63) is 35.9 Å². The molecule has 0 saturated carbocycles. The zero-order valence-corrected chi connectivity index (χ0v) is 19.8. The van der Waals surface area contributed by atoms with E-state index in [9.17, 15) is 19.2 Å². The highest BCUT2D eigenvalue weighted by atomic mass is 32.2. The van der Waals surface area contributed by atoms with Crippen molar-refractivity contribution in [1.82, 2.24) is 16.0 Å². The number of carbonyl (C=O) groups is 4. The van der Waals surface area contributed by atoms with Gasteiger partial charge in [0, 0.05) is 0 Å². The van der Waals surface area contributed by atoms with E-state index in [1.807, 2.05) is 36.6 Å². The zero-order valence-electron chi connectivity index (χ0n) is 19.0. The van der Waals surface area contributed by atoms with Gasteiger partial charge in [-0.25, -0.2) is 0 Å². The summed E-state index contributed by atoms with van der Waals surface area (Å²) in [6, 6.07) is 5.58. The molecule has 3 amide bonds. The number of nitrogens with two attached hydrogens (primary N) is 1. The molecule has 32 heavy (non-hydrogen) atoms. The lowest BCUT2D eigenvalue weighted by Gasteiger charge is -2.26. The third-order valence-electron chi connectivity index (χ3n) is 4.85. The molecule has 0 aliphatic heterocycles. The summed E-state index contributed by atoms with van der Waals surface area (Å²) in [7, 11) is 0. The number of nitrogens with one attached hydrogen (secondary N) is 3. The molecule has 0 aliphatic carbocycles. The van der Waals surface area contributed by atoms with E-state index in [1.165, 1.54) is 18.7 Å². The number of rotatable bonds is 13. The van der Waals surface area contributed by atoms with Gasteiger partial charge in [0.05, 0.1) is 6.04 Å². The second-order valence-electron chi connectivity index (χ2n) is 7.94. The number of amides is 3. The van der Waals surface area contributed by atoms with Crippen LogP contribution in [0.4, 0.5) is 0 Å². The molecule has 0 fully saturated rings. The molecular formula is C22H34N4O5S. The summed E-state index contributed by atoms with van der Waals surface area (Å²) in [5.74, 6) is -2.43. The molecule has 4 unspecified atom stereocenters. The van der Waals surface area contributed by atoms with Gasteiger partial charge in [0.2, 0.25) is 17.7 Å². The van der Waals surface area contributed by atoms with Crippen LogP contribution >= 0.6 is 11.8 Å². The minimum Gasteiger partial charge on any atom is -0.480 e. The van der Waals surface area contributed by atoms with Crippen LogP contribution in [0.2, 0.25) is 0 Å². The maximum absolute atomic E-state index is 12.9. The van der Waals surface area contributed by atoms with Gasteiger partial charge in [0.25, 0.3) is 0 Å². The first kappa shape index (κ1) is 27.4. The summed E-state index contributed by atoms with van der Waals surface area (Å²) in [4.78, 5) is 49.1. The van der Waals surface area contributed by atoms with Crippen LogP contribution < -0.4 is 21.7 Å². The average Bonchev–Trinajstić information content (AvgIpc) is 2.74. The van der Waals surface area contributed by atoms with Gasteiger partial charge in [-0.1, -0.05) is 44.2 Å². The van der Waals surface area contributed by atoms with Crippen molar-refractivity contribution in [3.63, 3.8) is 0 Å². The van der Waals surface area contributed by atoms with Crippen LogP contribution in [0.5, 0.6) is 0 Å². The van der Waals surface area contributed by atoms with Crippen LogP contribution in [0, 0.1) is 5.92 Å². The Morgan fingerprint density at radius 1 is 0.969 bits per heavy atom. The molecule has 0 saturated heterocycles. The molecule has 0 aromatic heterocycles. The number of aliphatic carboxylic acids is 1. The lowest BCUT2D eigenvalue weighted by atomic mass is 10.0. The van der Waals surface area contributed by atoms with Crippen molar-refractivity contribution < 1.29 is 24.3 Å². The number of carbonyl (C=O) groups excluding carboxylic acids is 3. The van der Waals surface area contributed by atoms with Crippen molar-refractivity contribution >= 4 is 35.5 Å². The number of benzene rings is 1. The smallest absolute Gasteiger partial charge is 0.325 e. The maximum Gasteiger partial charge on any atom is 0.325 e. The van der Waals surface area contributed by atoms with Gasteiger partial charge in [-0.05, 0) is 43.3 Å². The summed E-state index contributed by atoms with van der Waals surface area (Å²) < 4.78 is 0. The van der Waals surface area contributed by atoms with Gasteiger partial charge in [-0.15, -0.1) is 0 Å². The van der Waals surface area contributed by atoms with Gasteiger partial charge >= 0.3 is 5.97 Å². The number of carboxylic acid groups (broad SMARTS) is 1. The molecule has 4 atom stereocenters. The fourth-order valence-electron chi connectivity index (χ4n) is 2.90. The quantitative estimate of drug-likeness (QED) is 0.284. The first-order valence-electron chi connectivity index (χ1n) is 10.5. The molecule has 10 heteroatoms. The number of hydrogen-bond donors (Lipinski definition) is 5. The van der Waals surface area contributed by atoms with E-state index in [0.717, 1.165) is 5.56 Å². The highest BCUT2D eigenvalue weighted by Crippen LogP contribution is 2.08. The summed E-state index contributed by atoms with van der Waals surface area (Å²) in [6.45, 7) is 4.82. The molecule has 6 N–H and O–H groups in total. The first-order valence-corrected chi connectivity index (χ1v) is 11.9. The van der Waals surface area contributed by atoms with Crippen LogP contribution in [0.15, 0.2) is 30.3 Å². The van der Waals surface area contributed by atoms with Crippen molar-refractivity contribution in [1.29, 1.82) is 0 Å². The molecule has 1 aromatic rings. The zero-order chi connectivity index (χ0) is 24.3. The van der Waals surface area contributed by atoms with Crippen LogP contribution in [0.25, 0.3) is 0 Å². The molecule has 0 spiro atoms. The van der Waals surface area contributed by atoms with Gasteiger partial charge in [0.15, 0.2) is 0 Å². The summed E-state index contributed by atoms with van der Waals surface area (Å²) in [5, 5.41) is 16.7. The van der Waals surface area contributed by atoms with E-state index in [0.29, 0.717) is 18.6 Å². The van der Waals surface area contributed by atoms with Crippen molar-refractivity contribution in [2.24, 2.45) is 11.7 Å². The predicted molar refractivity (Wildman–Crippen MR) is 125 cm³/mol. The summed E-state index contributed by atoms with van der Waals surface area (Å²) in [6.07, 6.45) is 2.57. The van der Waals surface area contributed by atoms with Crippen molar-refractivity contribution in [3.8, 4) is 0 Å². The van der Waals surface area contributed by atoms with Crippen molar-refractivity contribution in [2.45, 2.75) is 57.8 Å². The molecule has 1 aromatic carbocycles. The third-order valence-corrected chi connectivity index (χ3v) is 5.50. The van der Waals surface area contributed by atoms with Gasteiger partial charge in [-0.2, -0.15) is 11.8 Å². The van der Waals surface area contributed by atoms with E-state index in [1.54, 1.807) is 13.8 Å². The molecule has 178 valence electrons. The molecule has 0 radical (unpaired) electrons. The Hall–Kier alpha value is -2.59. The Balaban J connectivity index is 2.84. The Bertz CT molecular complexity index is 775. The van der Waals surface area contributed by atoms with E-state index >= 15 is 0 Å². The van der Waals surface area contributed by atoms with Gasteiger partial charge < -0.3 is 26.8 Å². The Kier molecular flexibility index (Phi) is 11.8. The molecular weight excluding hydrogens is 432 g/mol. The Labute approximate surface area is 193 Å². The topological polar surface area (TPSA) is 151 Å². The molecule has 1 rings (SSSR count). The van der Waals surface area contributed by atoms with Crippen LogP contribution in [-0.2, 0) is 25.6 Å². The number of hydrogen-bond acceptors (Lipinski definition) is 6. The standard InChI is InChI=1S/C22H34N4O5S/c1-13(2)18(21(29)24-14(3)22(30)31)26-20(28)17(10-11-32-4)25-19(27)16(23)12-15-8-6-5-7-9-15/h5-9,13-14,16-18H,10-12,23H2,1-4H3,(H,24,29)(H,25,27)(H,26,28)(H,30,31). The molecule has 0 aliphatic rings. The highest BCUT2D eigenvalue weighted by molar-refractivity contribution is 7.98. The van der Waals surface area contributed by atoms with E-state index in [4.69, 9.17) is 10.8 Å². The van der Waals surface area contributed by atoms with Gasteiger partial charge in [-0.3, -0.25) is 19.2 Å². The minimum absolute atomic E-state index is 0.294. The number of carboxylic acids is 1. The highest BCUT2D eigenvalue weighted by Gasteiger charge is 2.30. The van der Waals surface area contributed by atoms with Crippen LogP contribution in [0.3, 0.4) is 0 Å². The average molecular weight is 467 g/mol. The Morgan fingerprint density at radius 2 is 1.59 bits per heavy atom. The molecule has 9 nitrogen and oxygen atoms in total. The maximum atomic E-state index is 12.9. The van der Waals surface area contributed by atoms with E-state index in [2.05, 4.69) is 16.0 Å². The second-order valence-corrected chi connectivity index (χ2v) is 8.92. The minimum atomic E-state index is -1.18. The largest absolute Gasteiger partial charge is 0.480 e. The Morgan fingerprint density at radius 3 is 2.12 bits per heavy atom. The van der Waals surface area contributed by atoms with E-state index < -0.39 is 47.9 Å². The normalized spacial score (nSPS) is 14.7. The summed E-state index contributed by atoms with van der Waals surface area (Å²) >= 11 is 1.52. The number of thioether (sulfide) groups is 1. The second kappa shape index (κ2) is 13.7. The lowest BCUT2D eigenvalue weighted by Crippen LogP contribution is -2.58. The fourth-order valence-corrected chi connectivity index (χ4v) is 3.37. The van der Waals surface area contributed by atoms with E-state index in [-0.39, 0.29) is 5.92 Å². The third kappa shape index (κ3) is 9.27. The fraction of sp³-hybridized carbons (Fsp3) is 0.545. The van der Waals surface area contributed by atoms with Crippen LogP contribution in [0.1, 0.15) is 32.8 Å². The predicted octanol–water partition coefficient (Wildman–Crippen LogP) is 0.524. The molecule has 0 heterocycles. The van der Waals surface area contributed by atoms with Gasteiger partial charge in [0.1, 0.15) is 18.1 Å².